The molecule has 4 nitrogen and oxygen atoms in total. The third-order valence-corrected chi connectivity index (χ3v) is 4.81. The summed E-state index contributed by atoms with van der Waals surface area (Å²) in [6, 6.07) is 6.88. The zero-order chi connectivity index (χ0) is 25.7. The van der Waals surface area contributed by atoms with Crippen molar-refractivity contribution in [1.29, 1.82) is 0 Å². The van der Waals surface area contributed by atoms with Crippen LogP contribution in [0.3, 0.4) is 0 Å². The molecule has 0 fully saturated rings. The van der Waals surface area contributed by atoms with Crippen LogP contribution in [-0.4, -0.2) is 35.8 Å². The van der Waals surface area contributed by atoms with Crippen molar-refractivity contribution >= 4 is 35.8 Å². The molecule has 0 N–H and O–H groups in total. The molecule has 0 heterocycles. The van der Waals surface area contributed by atoms with Gasteiger partial charge in [-0.25, -0.2) is 0 Å². The summed E-state index contributed by atoms with van der Waals surface area (Å²) in [5.74, 6) is -2.00. The maximum atomic E-state index is 10.5. The number of unbranched alkanes of at least 4 members (excludes halogenated alkanes) is 10. The van der Waals surface area contributed by atoms with Gasteiger partial charge in [-0.05, 0) is 24.8 Å². The van der Waals surface area contributed by atoms with E-state index >= 15 is 0 Å². The van der Waals surface area contributed by atoms with E-state index in [-0.39, 0.29) is 30.3 Å². The van der Waals surface area contributed by atoms with Crippen molar-refractivity contribution < 1.29 is 19.8 Å². The van der Waals surface area contributed by atoms with Crippen molar-refractivity contribution in [3.05, 3.63) is 49.2 Å². The number of carbonyl (C=O) groups excluding carboxylic acids is 2. The first kappa shape index (κ1) is 40.1. The molecule has 0 saturated heterocycles. The predicted octanol–water partition coefficient (Wildman–Crippen LogP) is 6.13. The number of hydrogen-bond donors (Lipinski definition) is 0. The number of carboxylic acid groups (broad SMARTS) is 2. The van der Waals surface area contributed by atoms with E-state index in [0.29, 0.717) is 5.56 Å². The van der Waals surface area contributed by atoms with E-state index in [1.165, 1.54) is 57.8 Å². The normalized spacial score (nSPS) is 9.12. The van der Waals surface area contributed by atoms with E-state index < -0.39 is 11.9 Å². The summed E-state index contributed by atoms with van der Waals surface area (Å²) in [5, 5.41) is 20.6. The van der Waals surface area contributed by atoms with Crippen LogP contribution in [0.25, 0.3) is 0 Å². The Hall–Kier alpha value is -1.04. The molecule has 0 amide bonds. The maximum absolute atomic E-state index is 10.5. The Balaban J connectivity index is -0.000000199. The number of carbonyl (C=O) groups is 2. The van der Waals surface area contributed by atoms with Crippen molar-refractivity contribution in [2.24, 2.45) is 0 Å². The molecule has 0 bridgehead atoms. The van der Waals surface area contributed by atoms with Gasteiger partial charge in [-0.1, -0.05) is 143 Å². The average Bonchev–Trinajstić information content (AvgIpc) is 2.83. The minimum atomic E-state index is -1.09. The number of carboxylic acids is 2. The van der Waals surface area contributed by atoms with Crippen LogP contribution in [-0.2, 0) is 11.2 Å². The van der Waals surface area contributed by atoms with Gasteiger partial charge in [-0.15, -0.1) is 0 Å². The maximum Gasteiger partial charge on any atom is 2.00 e. The van der Waals surface area contributed by atoms with Gasteiger partial charge in [0.2, 0.25) is 0 Å². The third-order valence-electron chi connectivity index (χ3n) is 4.81. The Labute approximate surface area is 228 Å². The average molecular weight is 581 g/mol. The minimum absolute atomic E-state index is 0. The first-order chi connectivity index (χ1) is 15.9. The molecule has 0 aliphatic rings. The van der Waals surface area contributed by atoms with Gasteiger partial charge in [0.05, 0.1) is 5.97 Å². The zero-order valence-corrected chi connectivity index (χ0v) is 25.3. The first-order valence-electron chi connectivity index (χ1n) is 12.9. The molecule has 0 atom stereocenters. The van der Waals surface area contributed by atoms with Crippen molar-refractivity contribution in [1.82, 2.24) is 0 Å². The van der Waals surface area contributed by atoms with Gasteiger partial charge in [0.25, 0.3) is 0 Å². The van der Waals surface area contributed by atoms with Gasteiger partial charge in [-0.2, -0.15) is 0 Å². The van der Waals surface area contributed by atoms with E-state index in [4.69, 9.17) is 0 Å². The Morgan fingerprint density at radius 1 is 0.706 bits per heavy atom. The van der Waals surface area contributed by atoms with Crippen LogP contribution in [0.4, 0.5) is 0 Å². The summed E-state index contributed by atoms with van der Waals surface area (Å²) >= 11 is 0. The molecule has 194 valence electrons. The third kappa shape index (κ3) is 33.1. The second-order valence-corrected chi connectivity index (χ2v) is 7.96. The summed E-state index contributed by atoms with van der Waals surface area (Å²) in [7, 11) is 0. The smallest absolute Gasteiger partial charge is 0.550 e. The molecule has 4 radical (unpaired) electrons. The molecule has 0 aliphatic heterocycles. The number of aliphatic carboxylic acids is 1. The standard InChI is InChI=1S/C12H24O2.C9H10O2.2C4H9.Sn/c1-2-3-4-5-6-7-8-9-10-11-12(13)14;1-2-7-5-3-4-6-8(7)9(10)11;2*1-3-4-2;/h2-11H2,1H3,(H,13,14);3-6H,2H2,1H3,(H,10,11);2*1,3-4H2,2H3;/q;;;;+2/p-2. The predicted molar refractivity (Wildman–Crippen MR) is 143 cm³/mol. The largest absolute Gasteiger partial charge is 2.00 e. The number of rotatable bonds is 14. The zero-order valence-electron chi connectivity index (χ0n) is 22.5. The molecule has 34 heavy (non-hydrogen) atoms. The molecule has 0 spiro atoms. The second-order valence-electron chi connectivity index (χ2n) is 7.96. The van der Waals surface area contributed by atoms with Crippen LogP contribution < -0.4 is 10.2 Å². The van der Waals surface area contributed by atoms with Crippen molar-refractivity contribution in [2.45, 2.75) is 124 Å². The summed E-state index contributed by atoms with van der Waals surface area (Å²) < 4.78 is 0. The van der Waals surface area contributed by atoms with Crippen LogP contribution in [0.1, 0.15) is 134 Å². The summed E-state index contributed by atoms with van der Waals surface area (Å²) in [6.45, 7) is 15.6. The molecule has 0 aromatic heterocycles. The topological polar surface area (TPSA) is 80.3 Å². The number of aromatic carboxylic acids is 1. The van der Waals surface area contributed by atoms with Crippen LogP contribution in [0.15, 0.2) is 24.3 Å². The first-order valence-corrected chi connectivity index (χ1v) is 12.9. The SMILES string of the molecule is CCCCCCCCCCCC(=O)[O-].CCc1ccccc1C(=O)[O-].[CH2]CCC.[CH2]CCC.[Sn+2]. The van der Waals surface area contributed by atoms with Crippen LogP contribution in [0.2, 0.25) is 0 Å². The van der Waals surface area contributed by atoms with Crippen LogP contribution >= 0.6 is 0 Å². The molecule has 0 unspecified atom stereocenters. The van der Waals surface area contributed by atoms with Gasteiger partial charge >= 0.3 is 23.9 Å². The van der Waals surface area contributed by atoms with E-state index in [0.717, 1.165) is 37.7 Å². The second kappa shape index (κ2) is 34.1. The Morgan fingerprint density at radius 2 is 1.12 bits per heavy atom. The monoisotopic (exact) mass is 582 g/mol. The molecular weight excluding hydrogens is 531 g/mol. The summed E-state index contributed by atoms with van der Waals surface area (Å²) in [4.78, 5) is 20.6. The number of hydrogen-bond acceptors (Lipinski definition) is 4. The van der Waals surface area contributed by atoms with Crippen molar-refractivity contribution in [2.75, 3.05) is 0 Å². The molecule has 1 aromatic rings. The minimum Gasteiger partial charge on any atom is -0.550 e. The number of aryl methyl sites for hydroxylation is 1. The van der Waals surface area contributed by atoms with Crippen molar-refractivity contribution in [3.63, 3.8) is 0 Å². The number of benzene rings is 1. The Bertz CT molecular complexity index is 539. The fraction of sp³-hybridized carbons (Fsp3) is 0.655. The molecular formula is C29H50O4Sn. The molecule has 0 saturated carbocycles. The van der Waals surface area contributed by atoms with Gasteiger partial charge in [0.15, 0.2) is 0 Å². The van der Waals surface area contributed by atoms with E-state index in [1.54, 1.807) is 18.2 Å². The molecule has 0 aliphatic carbocycles. The Kier molecular flexibility index (Phi) is 40.3. The van der Waals surface area contributed by atoms with Gasteiger partial charge in [0, 0.05) is 11.5 Å². The molecule has 1 rings (SSSR count). The quantitative estimate of drug-likeness (QED) is 0.196. The summed E-state index contributed by atoms with van der Waals surface area (Å²) in [5.41, 5.74) is 1.13. The molecule has 5 heteroatoms. The van der Waals surface area contributed by atoms with E-state index in [1.807, 2.05) is 13.0 Å². The Morgan fingerprint density at radius 3 is 1.44 bits per heavy atom. The van der Waals surface area contributed by atoms with Crippen LogP contribution in [0.5, 0.6) is 0 Å². The summed E-state index contributed by atoms with van der Waals surface area (Å²) in [6.07, 6.45) is 16.4. The van der Waals surface area contributed by atoms with Crippen LogP contribution in [0, 0.1) is 13.8 Å². The fourth-order valence-electron chi connectivity index (χ4n) is 2.61. The van der Waals surface area contributed by atoms with E-state index in [9.17, 15) is 19.8 Å². The van der Waals surface area contributed by atoms with Gasteiger partial charge in [-0.3, -0.25) is 0 Å². The molecule has 1 aromatic carbocycles. The van der Waals surface area contributed by atoms with Crippen molar-refractivity contribution in [3.8, 4) is 0 Å². The van der Waals surface area contributed by atoms with Gasteiger partial charge < -0.3 is 19.8 Å². The van der Waals surface area contributed by atoms with Gasteiger partial charge in [0.1, 0.15) is 0 Å². The fourth-order valence-corrected chi connectivity index (χ4v) is 2.61. The van der Waals surface area contributed by atoms with E-state index in [2.05, 4.69) is 34.6 Å².